The van der Waals surface area contributed by atoms with Gasteiger partial charge in [0.05, 0.1) is 17.2 Å². The lowest BCUT2D eigenvalue weighted by Crippen LogP contribution is -2.19. The lowest BCUT2D eigenvalue weighted by molar-refractivity contribution is -0.137. The van der Waals surface area contributed by atoms with Crippen molar-refractivity contribution in [1.29, 1.82) is 0 Å². The summed E-state index contributed by atoms with van der Waals surface area (Å²) in [6.45, 7) is 1.76. The van der Waals surface area contributed by atoms with Crippen LogP contribution in [0.15, 0.2) is 97.2 Å². The Kier molecular flexibility index (Phi) is 7.15. The van der Waals surface area contributed by atoms with Crippen LogP contribution in [-0.4, -0.2) is 16.8 Å². The maximum atomic E-state index is 13.0. The summed E-state index contributed by atoms with van der Waals surface area (Å²) in [6.07, 6.45) is -2.80. The summed E-state index contributed by atoms with van der Waals surface area (Å²) < 4.78 is 38.7. The van der Waals surface area contributed by atoms with Crippen LogP contribution in [0.3, 0.4) is 0 Å². The smallest absolute Gasteiger partial charge is 0.326 e. The monoisotopic (exact) mass is 489 g/mol. The summed E-state index contributed by atoms with van der Waals surface area (Å²) in [5, 5.41) is 5.62. The Bertz CT molecular complexity index is 1350. The Morgan fingerprint density at radius 3 is 2.00 bits per heavy atom. The van der Waals surface area contributed by atoms with Crippen molar-refractivity contribution >= 4 is 23.2 Å². The molecule has 0 spiro atoms. The topological polar surface area (TPSA) is 71.1 Å². The number of aromatic nitrogens is 1. The van der Waals surface area contributed by atoms with Crippen molar-refractivity contribution in [2.75, 3.05) is 10.6 Å². The minimum atomic E-state index is -4.43. The molecule has 182 valence electrons. The Morgan fingerprint density at radius 2 is 1.39 bits per heavy atom. The number of carbonyl (C=O) groups is 2. The molecule has 4 aromatic rings. The van der Waals surface area contributed by atoms with Gasteiger partial charge in [-0.15, -0.1) is 0 Å². The Morgan fingerprint density at radius 1 is 0.778 bits per heavy atom. The molecular weight excluding hydrogens is 467 g/mol. The van der Waals surface area contributed by atoms with Crippen LogP contribution in [0.5, 0.6) is 0 Å². The fourth-order valence-corrected chi connectivity index (χ4v) is 3.62. The van der Waals surface area contributed by atoms with E-state index in [1.54, 1.807) is 73.8 Å². The molecule has 4 rings (SSSR count). The number of halogens is 3. The molecule has 0 saturated heterocycles. The van der Waals surface area contributed by atoms with Crippen molar-refractivity contribution in [2.24, 2.45) is 0 Å². The maximum Gasteiger partial charge on any atom is 0.416 e. The van der Waals surface area contributed by atoms with Crippen LogP contribution in [0.25, 0.3) is 11.1 Å². The summed E-state index contributed by atoms with van der Waals surface area (Å²) in [5.74, 6) is -1.06. The van der Waals surface area contributed by atoms with Gasteiger partial charge in [-0.25, -0.2) is 0 Å². The number of hydrogen-bond donors (Lipinski definition) is 2. The van der Waals surface area contributed by atoms with Crippen molar-refractivity contribution < 1.29 is 22.8 Å². The zero-order chi connectivity index (χ0) is 25.7. The van der Waals surface area contributed by atoms with Crippen LogP contribution in [0.2, 0.25) is 0 Å². The summed E-state index contributed by atoms with van der Waals surface area (Å²) in [4.78, 5) is 29.7. The molecule has 1 unspecified atom stereocenters. The van der Waals surface area contributed by atoms with Crippen LogP contribution in [0.1, 0.15) is 34.5 Å². The molecule has 1 aromatic heterocycles. The van der Waals surface area contributed by atoms with Crippen molar-refractivity contribution in [1.82, 2.24) is 4.98 Å². The van der Waals surface area contributed by atoms with E-state index in [1.165, 1.54) is 12.1 Å². The minimum absolute atomic E-state index is 0.212. The molecule has 2 N–H and O–H groups in total. The molecule has 0 fully saturated rings. The van der Waals surface area contributed by atoms with Gasteiger partial charge in [-0.1, -0.05) is 36.4 Å². The minimum Gasteiger partial charge on any atom is -0.326 e. The molecule has 0 aliphatic heterocycles. The van der Waals surface area contributed by atoms with Gasteiger partial charge in [-0.2, -0.15) is 13.2 Å². The zero-order valence-corrected chi connectivity index (χ0v) is 19.2. The summed E-state index contributed by atoms with van der Waals surface area (Å²) in [5.41, 5.74) is 2.29. The van der Waals surface area contributed by atoms with Gasteiger partial charge < -0.3 is 10.6 Å². The maximum absolute atomic E-state index is 13.0. The third-order valence-electron chi connectivity index (χ3n) is 5.63. The summed E-state index contributed by atoms with van der Waals surface area (Å²) in [6, 6.07) is 23.4. The quantitative estimate of drug-likeness (QED) is 0.314. The van der Waals surface area contributed by atoms with E-state index in [4.69, 9.17) is 0 Å². The Labute approximate surface area is 206 Å². The highest BCUT2D eigenvalue weighted by atomic mass is 19.4. The molecule has 0 aliphatic carbocycles. The number of benzene rings is 3. The molecule has 0 bridgehead atoms. The Hall–Kier alpha value is -4.46. The highest BCUT2D eigenvalue weighted by molar-refractivity contribution is 6.08. The number of pyridine rings is 1. The highest BCUT2D eigenvalue weighted by Crippen LogP contribution is 2.32. The van der Waals surface area contributed by atoms with E-state index >= 15 is 0 Å². The normalized spacial score (nSPS) is 12.0. The average Bonchev–Trinajstić information content (AvgIpc) is 2.89. The van der Waals surface area contributed by atoms with Crippen molar-refractivity contribution in [3.8, 4) is 11.1 Å². The Balaban J connectivity index is 1.45. The molecule has 3 aromatic carbocycles. The molecule has 0 aliphatic rings. The molecule has 1 heterocycles. The van der Waals surface area contributed by atoms with E-state index in [0.29, 0.717) is 33.8 Å². The number of carbonyl (C=O) groups excluding carboxylic acids is 2. The van der Waals surface area contributed by atoms with Gasteiger partial charge in [0.25, 0.3) is 5.91 Å². The fourth-order valence-electron chi connectivity index (χ4n) is 3.62. The molecule has 2 amide bonds. The van der Waals surface area contributed by atoms with Crippen molar-refractivity contribution in [3.63, 3.8) is 0 Å². The number of nitrogens with zero attached hydrogens (tertiary/aromatic N) is 1. The van der Waals surface area contributed by atoms with Gasteiger partial charge in [-0.05, 0) is 72.6 Å². The number of anilines is 2. The SMILES string of the molecule is CC(C(=O)Nc1ccc(NC(=O)c2ccccc2-c2ccc(C(F)(F)F)cc2)cc1)c1ccccn1. The number of rotatable bonds is 6. The predicted octanol–water partition coefficient (Wildman–Crippen LogP) is 6.76. The number of nitrogens with one attached hydrogen (secondary N) is 2. The van der Waals surface area contributed by atoms with Crippen LogP contribution in [-0.2, 0) is 11.0 Å². The van der Waals surface area contributed by atoms with Gasteiger partial charge in [-0.3, -0.25) is 14.6 Å². The third-order valence-corrected chi connectivity index (χ3v) is 5.63. The number of amides is 2. The first-order valence-corrected chi connectivity index (χ1v) is 11.1. The van der Waals surface area contributed by atoms with Crippen molar-refractivity contribution in [3.05, 3.63) is 114 Å². The van der Waals surface area contributed by atoms with Gasteiger partial charge in [0, 0.05) is 23.1 Å². The van der Waals surface area contributed by atoms with Gasteiger partial charge in [0.2, 0.25) is 5.91 Å². The molecule has 1 atom stereocenters. The first kappa shape index (κ1) is 24.7. The van der Waals surface area contributed by atoms with E-state index in [9.17, 15) is 22.8 Å². The molecule has 5 nitrogen and oxygen atoms in total. The lowest BCUT2D eigenvalue weighted by Gasteiger charge is -2.13. The van der Waals surface area contributed by atoms with Crippen LogP contribution in [0.4, 0.5) is 24.5 Å². The van der Waals surface area contributed by atoms with Gasteiger partial charge in [0.1, 0.15) is 0 Å². The molecule has 36 heavy (non-hydrogen) atoms. The molecule has 0 radical (unpaired) electrons. The van der Waals surface area contributed by atoms with E-state index in [1.807, 2.05) is 6.07 Å². The average molecular weight is 489 g/mol. The second-order valence-electron chi connectivity index (χ2n) is 8.12. The van der Waals surface area contributed by atoms with Gasteiger partial charge >= 0.3 is 6.18 Å². The molecule has 0 saturated carbocycles. The van der Waals surface area contributed by atoms with Crippen LogP contribution in [0, 0.1) is 0 Å². The second-order valence-corrected chi connectivity index (χ2v) is 8.12. The van der Waals surface area contributed by atoms with E-state index in [0.717, 1.165) is 12.1 Å². The van der Waals surface area contributed by atoms with E-state index < -0.39 is 23.6 Å². The summed E-state index contributed by atoms with van der Waals surface area (Å²) >= 11 is 0. The number of alkyl halides is 3. The molecule has 8 heteroatoms. The number of hydrogen-bond acceptors (Lipinski definition) is 3. The largest absolute Gasteiger partial charge is 0.416 e. The lowest BCUT2D eigenvalue weighted by atomic mass is 9.98. The highest BCUT2D eigenvalue weighted by Gasteiger charge is 2.30. The predicted molar refractivity (Wildman–Crippen MR) is 133 cm³/mol. The van der Waals surface area contributed by atoms with Crippen LogP contribution >= 0.6 is 0 Å². The third kappa shape index (κ3) is 5.78. The van der Waals surface area contributed by atoms with E-state index in [-0.39, 0.29) is 5.91 Å². The summed E-state index contributed by atoms with van der Waals surface area (Å²) in [7, 11) is 0. The molecular formula is C28H22F3N3O2. The zero-order valence-electron chi connectivity index (χ0n) is 19.2. The first-order valence-electron chi connectivity index (χ1n) is 11.1. The van der Waals surface area contributed by atoms with Crippen LogP contribution < -0.4 is 10.6 Å². The van der Waals surface area contributed by atoms with E-state index in [2.05, 4.69) is 15.6 Å². The van der Waals surface area contributed by atoms with Gasteiger partial charge in [0.15, 0.2) is 0 Å². The van der Waals surface area contributed by atoms with Crippen molar-refractivity contribution in [2.45, 2.75) is 19.0 Å². The fraction of sp³-hybridized carbons (Fsp3) is 0.107. The standard InChI is InChI=1S/C28H22F3N3O2/c1-18(25-8-4-5-17-32-25)26(35)33-21-13-15-22(16-14-21)34-27(36)24-7-3-2-6-23(24)19-9-11-20(12-10-19)28(29,30)31/h2-18H,1H3,(H,33,35)(H,34,36). The first-order chi connectivity index (χ1) is 17.2. The second kappa shape index (κ2) is 10.4.